The van der Waals surface area contributed by atoms with Crippen LogP contribution in [0.2, 0.25) is 0 Å². The second-order valence-corrected chi connectivity index (χ2v) is 3.92. The molecule has 0 spiro atoms. The zero-order valence-corrected chi connectivity index (χ0v) is 15.0. The Bertz CT molecular complexity index is 519. The lowest BCUT2D eigenvalue weighted by atomic mass is 10.0. The Morgan fingerprint density at radius 3 is 1.74 bits per heavy atom. The molecule has 19 heavy (non-hydrogen) atoms. The number of hydrogen-bond donors (Lipinski definition) is 0. The van der Waals surface area contributed by atoms with Gasteiger partial charge in [0.1, 0.15) is 5.75 Å². The first kappa shape index (κ1) is 16.4. The predicted octanol–water partition coefficient (Wildman–Crippen LogP) is 5.01. The van der Waals surface area contributed by atoms with Crippen molar-refractivity contribution in [3.63, 3.8) is 0 Å². The van der Waals surface area contributed by atoms with E-state index in [4.69, 9.17) is 4.74 Å². The minimum atomic E-state index is 0.0349. The van der Waals surface area contributed by atoms with Crippen molar-refractivity contribution in [1.29, 1.82) is 0 Å². The maximum atomic E-state index is 12.1. The molecule has 2 nitrogen and oxygen atoms in total. The molecule has 0 aliphatic carbocycles. The average molecular weight is 480 g/mol. The molecule has 0 aliphatic rings. The van der Waals surface area contributed by atoms with E-state index in [0.717, 1.165) is 11.3 Å². The largest absolute Gasteiger partial charge is 0.497 e. The van der Waals surface area contributed by atoms with Crippen LogP contribution in [-0.2, 0) is 0 Å². The fourth-order valence-electron chi connectivity index (χ4n) is 1.61. The highest BCUT2D eigenvalue weighted by atomic mass is 128. The van der Waals surface area contributed by atoms with E-state index in [1.165, 1.54) is 0 Å². The number of benzene rings is 2. The van der Waals surface area contributed by atoms with Crippen molar-refractivity contribution in [2.75, 3.05) is 7.11 Å². The highest BCUT2D eigenvalue weighted by molar-refractivity contribution is 15.0. The van der Waals surface area contributed by atoms with Crippen LogP contribution in [-0.4, -0.2) is 12.9 Å². The van der Waals surface area contributed by atoms with Crippen LogP contribution in [0.25, 0.3) is 0 Å². The van der Waals surface area contributed by atoms with Crippen molar-refractivity contribution in [1.82, 2.24) is 0 Å². The molecule has 0 saturated carbocycles. The fourth-order valence-corrected chi connectivity index (χ4v) is 1.61. The molecule has 0 heterocycles. The smallest absolute Gasteiger partial charge is 0.193 e. The molecule has 0 bridgehead atoms. The van der Waals surface area contributed by atoms with Crippen LogP contribution >= 0.6 is 37.2 Å². The van der Waals surface area contributed by atoms with Crippen molar-refractivity contribution in [3.05, 3.63) is 65.2 Å². The third-order valence-corrected chi connectivity index (χ3v) is 2.67. The second kappa shape index (κ2) is 8.52. The van der Waals surface area contributed by atoms with Gasteiger partial charge in [-0.05, 0) is 31.2 Å². The summed E-state index contributed by atoms with van der Waals surface area (Å²) in [5, 5.41) is 0. The van der Waals surface area contributed by atoms with Crippen LogP contribution in [0.3, 0.4) is 0 Å². The van der Waals surface area contributed by atoms with Gasteiger partial charge >= 0.3 is 0 Å². The van der Waals surface area contributed by atoms with E-state index in [1.54, 1.807) is 31.4 Å². The van der Waals surface area contributed by atoms with Crippen molar-refractivity contribution in [2.24, 2.45) is 0 Å². The third kappa shape index (κ3) is 4.76. The first-order chi connectivity index (χ1) is 9.20. The molecule has 0 unspecified atom stereocenters. The summed E-state index contributed by atoms with van der Waals surface area (Å²) in [6.07, 6.45) is 0. The zero-order valence-electron chi connectivity index (χ0n) is 10.7. The van der Waals surface area contributed by atoms with Crippen LogP contribution < -0.4 is 4.74 Å². The summed E-state index contributed by atoms with van der Waals surface area (Å²) in [6, 6.07) is 14.7. The molecule has 0 amide bonds. The number of carbonyl (C=O) groups excluding carboxylic acids is 1. The number of methoxy groups -OCH3 is 1. The second-order valence-electron chi connectivity index (χ2n) is 3.92. The number of ketones is 1. The average Bonchev–Trinajstić information content (AvgIpc) is 2.49. The van der Waals surface area contributed by atoms with Crippen LogP contribution in [0.4, 0.5) is 0 Å². The summed E-state index contributed by atoms with van der Waals surface area (Å²) in [5.74, 6) is 0.790. The molecule has 2 aromatic carbocycles. The van der Waals surface area contributed by atoms with E-state index < -0.39 is 0 Å². The Morgan fingerprint density at radius 1 is 0.895 bits per heavy atom. The number of halogens is 2. The molecule has 0 atom stereocenters. The third-order valence-electron chi connectivity index (χ3n) is 2.67. The van der Waals surface area contributed by atoms with Gasteiger partial charge in [0.2, 0.25) is 0 Å². The highest BCUT2D eigenvalue weighted by Gasteiger charge is 2.08. The Kier molecular flexibility index (Phi) is 7.37. The summed E-state index contributed by atoms with van der Waals surface area (Å²) < 4.78 is 5.06. The monoisotopic (exact) mass is 480 g/mol. The molecule has 0 radical (unpaired) electrons. The van der Waals surface area contributed by atoms with Crippen LogP contribution in [0.1, 0.15) is 21.5 Å². The van der Waals surface area contributed by atoms with Gasteiger partial charge < -0.3 is 4.74 Å². The van der Waals surface area contributed by atoms with E-state index in [1.807, 2.05) is 31.2 Å². The van der Waals surface area contributed by atoms with Gasteiger partial charge in [-0.25, -0.2) is 0 Å². The Morgan fingerprint density at radius 2 is 1.32 bits per heavy atom. The highest BCUT2D eigenvalue weighted by Crippen LogP contribution is 2.15. The van der Waals surface area contributed by atoms with Gasteiger partial charge in [0.15, 0.2) is 5.78 Å². The van der Waals surface area contributed by atoms with Gasteiger partial charge in [0.25, 0.3) is 0 Å². The summed E-state index contributed by atoms with van der Waals surface area (Å²) in [4.78, 5) is 12.1. The lowest BCUT2D eigenvalue weighted by Gasteiger charge is -2.03. The van der Waals surface area contributed by atoms with Gasteiger partial charge in [0.05, 0.1) is 7.11 Å². The van der Waals surface area contributed by atoms with E-state index >= 15 is 0 Å². The number of hydrogen-bond acceptors (Lipinski definition) is 2. The van der Waals surface area contributed by atoms with Gasteiger partial charge in [-0.3, -0.25) is 4.79 Å². The summed E-state index contributed by atoms with van der Waals surface area (Å²) in [7, 11) is 1.61. The van der Waals surface area contributed by atoms with E-state index in [-0.39, 0.29) is 5.78 Å². The Balaban J connectivity index is 0.000000861. The number of rotatable bonds is 3. The van der Waals surface area contributed by atoms with Crippen molar-refractivity contribution < 1.29 is 9.53 Å². The molecule has 0 N–H and O–H groups in total. The van der Waals surface area contributed by atoms with Gasteiger partial charge in [-0.15, -0.1) is 0 Å². The molecule has 0 fully saturated rings. The first-order valence-electron chi connectivity index (χ1n) is 5.60. The number of carbonyl (C=O) groups is 1. The van der Waals surface area contributed by atoms with Crippen LogP contribution in [0.5, 0.6) is 5.75 Å². The quantitative estimate of drug-likeness (QED) is 0.457. The zero-order chi connectivity index (χ0) is 14.3. The molecule has 0 saturated heterocycles. The fraction of sp³-hybridized carbons (Fsp3) is 0.133. The van der Waals surface area contributed by atoms with E-state index in [9.17, 15) is 4.79 Å². The van der Waals surface area contributed by atoms with E-state index in [2.05, 4.69) is 37.2 Å². The van der Waals surface area contributed by atoms with Gasteiger partial charge in [-0.2, -0.15) is 0 Å². The molecule has 2 rings (SSSR count). The number of ether oxygens (including phenoxy) is 1. The lowest BCUT2D eigenvalue weighted by molar-refractivity contribution is 0.103. The van der Waals surface area contributed by atoms with Gasteiger partial charge in [0, 0.05) is 48.4 Å². The minimum absolute atomic E-state index is 0.0349. The number of aryl methyl sites for hydroxylation is 1. The van der Waals surface area contributed by atoms with Crippen molar-refractivity contribution in [2.45, 2.75) is 6.92 Å². The molecular formula is C15H14I2O2. The lowest BCUT2D eigenvalue weighted by Crippen LogP contribution is -2.00. The summed E-state index contributed by atoms with van der Waals surface area (Å²) in [6.45, 7) is 2.00. The van der Waals surface area contributed by atoms with Crippen LogP contribution in [0.15, 0.2) is 48.5 Å². The molecule has 100 valence electrons. The summed E-state index contributed by atoms with van der Waals surface area (Å²) >= 11 is 4.24. The molecule has 4 heteroatoms. The molecular weight excluding hydrogens is 466 g/mol. The molecule has 2 aromatic rings. The van der Waals surface area contributed by atoms with Gasteiger partial charge in [-0.1, -0.05) is 29.8 Å². The first-order valence-corrected chi connectivity index (χ1v) is 11.9. The molecule has 0 aromatic heterocycles. The Labute approximate surface area is 136 Å². The maximum Gasteiger partial charge on any atom is 0.193 e. The van der Waals surface area contributed by atoms with Crippen molar-refractivity contribution in [3.8, 4) is 5.75 Å². The normalized spacial score (nSPS) is 9.26. The Hall–Kier alpha value is -0.630. The molecule has 0 aliphatic heterocycles. The van der Waals surface area contributed by atoms with Crippen molar-refractivity contribution >= 4 is 43.0 Å². The summed E-state index contributed by atoms with van der Waals surface area (Å²) in [5.41, 5.74) is 2.53. The predicted molar refractivity (Wildman–Crippen MR) is 95.6 cm³/mol. The van der Waals surface area contributed by atoms with E-state index in [0.29, 0.717) is 11.1 Å². The standard InChI is InChI=1S/C15H14O2.I2/c1-11-3-5-12(6-4-11)15(16)13-7-9-14(17-2)10-8-13;1-2/h3-10H,1-2H3;. The topological polar surface area (TPSA) is 26.3 Å². The minimum Gasteiger partial charge on any atom is -0.497 e. The van der Waals surface area contributed by atoms with Crippen LogP contribution in [0, 0.1) is 6.92 Å². The maximum absolute atomic E-state index is 12.1. The SMILES string of the molecule is COc1ccc(C(=O)c2ccc(C)cc2)cc1.II.